The van der Waals surface area contributed by atoms with Crippen LogP contribution in [0.3, 0.4) is 0 Å². The first kappa shape index (κ1) is 10.4. The highest BCUT2D eigenvalue weighted by atomic mass is 19.1. The standard InChI is InChI=1S/C12H12FN3O/c13-9-5-2-1-4-8(9)10-15-11(16-17-10)12(14)6-3-7-12/h1-2,4-5H,3,6-7,14H2. The van der Waals surface area contributed by atoms with E-state index in [1.165, 1.54) is 6.07 Å². The monoisotopic (exact) mass is 233 g/mol. The van der Waals surface area contributed by atoms with Gasteiger partial charge in [-0.2, -0.15) is 4.98 Å². The Morgan fingerprint density at radius 1 is 1.29 bits per heavy atom. The average molecular weight is 233 g/mol. The molecule has 3 rings (SSSR count). The molecule has 4 nitrogen and oxygen atoms in total. The minimum atomic E-state index is -0.479. The molecule has 0 atom stereocenters. The fourth-order valence-electron chi connectivity index (χ4n) is 1.95. The molecule has 1 fully saturated rings. The van der Waals surface area contributed by atoms with Crippen molar-refractivity contribution in [1.29, 1.82) is 0 Å². The van der Waals surface area contributed by atoms with Gasteiger partial charge in [0.05, 0.1) is 11.1 Å². The second kappa shape index (κ2) is 3.63. The molecule has 1 aromatic heterocycles. The van der Waals surface area contributed by atoms with Crippen molar-refractivity contribution in [2.45, 2.75) is 24.8 Å². The smallest absolute Gasteiger partial charge is 0.260 e. The average Bonchev–Trinajstić information content (AvgIpc) is 2.76. The predicted molar refractivity (Wildman–Crippen MR) is 59.4 cm³/mol. The summed E-state index contributed by atoms with van der Waals surface area (Å²) in [6, 6.07) is 6.31. The molecular weight excluding hydrogens is 221 g/mol. The molecule has 0 bridgehead atoms. The van der Waals surface area contributed by atoms with Crippen LogP contribution in [-0.2, 0) is 5.54 Å². The van der Waals surface area contributed by atoms with E-state index in [-0.39, 0.29) is 11.7 Å². The molecule has 0 amide bonds. The van der Waals surface area contributed by atoms with Crippen LogP contribution < -0.4 is 5.73 Å². The van der Waals surface area contributed by atoms with Crippen LogP contribution in [0.15, 0.2) is 28.8 Å². The van der Waals surface area contributed by atoms with Gasteiger partial charge in [0.1, 0.15) is 5.82 Å². The molecule has 0 spiro atoms. The van der Waals surface area contributed by atoms with Crippen molar-refractivity contribution >= 4 is 0 Å². The second-order valence-corrected chi connectivity index (χ2v) is 4.41. The molecule has 88 valence electrons. The summed E-state index contributed by atoms with van der Waals surface area (Å²) in [6.45, 7) is 0. The number of nitrogens with zero attached hydrogens (tertiary/aromatic N) is 2. The fraction of sp³-hybridized carbons (Fsp3) is 0.333. The van der Waals surface area contributed by atoms with Crippen molar-refractivity contribution in [2.24, 2.45) is 5.73 Å². The van der Waals surface area contributed by atoms with E-state index in [0.717, 1.165) is 19.3 Å². The van der Waals surface area contributed by atoms with Crippen molar-refractivity contribution < 1.29 is 8.91 Å². The summed E-state index contributed by atoms with van der Waals surface area (Å²) in [5.74, 6) is 0.291. The van der Waals surface area contributed by atoms with E-state index < -0.39 is 5.54 Å². The minimum absolute atomic E-state index is 0.190. The van der Waals surface area contributed by atoms with E-state index in [2.05, 4.69) is 10.1 Å². The lowest BCUT2D eigenvalue weighted by Gasteiger charge is -2.34. The zero-order chi connectivity index (χ0) is 11.9. The summed E-state index contributed by atoms with van der Waals surface area (Å²) in [4.78, 5) is 4.19. The van der Waals surface area contributed by atoms with Crippen molar-refractivity contribution in [3.8, 4) is 11.5 Å². The summed E-state index contributed by atoms with van der Waals surface area (Å²) < 4.78 is 18.6. The first-order chi connectivity index (χ1) is 8.19. The third kappa shape index (κ3) is 1.63. The van der Waals surface area contributed by atoms with E-state index >= 15 is 0 Å². The van der Waals surface area contributed by atoms with Crippen molar-refractivity contribution in [3.05, 3.63) is 35.9 Å². The number of benzene rings is 1. The summed E-state index contributed by atoms with van der Waals surface area (Å²) in [6.07, 6.45) is 2.77. The topological polar surface area (TPSA) is 64.9 Å². The Hall–Kier alpha value is -1.75. The molecule has 0 saturated heterocycles. The van der Waals surface area contributed by atoms with Crippen LogP contribution in [0.5, 0.6) is 0 Å². The van der Waals surface area contributed by atoms with Gasteiger partial charge in [-0.1, -0.05) is 17.3 Å². The van der Waals surface area contributed by atoms with Gasteiger partial charge in [-0.3, -0.25) is 0 Å². The third-order valence-electron chi connectivity index (χ3n) is 3.22. The summed E-state index contributed by atoms with van der Waals surface area (Å²) in [5.41, 5.74) is 5.91. The number of hydrogen-bond donors (Lipinski definition) is 1. The highest BCUT2D eigenvalue weighted by Crippen LogP contribution is 2.37. The third-order valence-corrected chi connectivity index (χ3v) is 3.22. The number of nitrogens with two attached hydrogens (primary N) is 1. The Kier molecular flexibility index (Phi) is 2.22. The summed E-state index contributed by atoms with van der Waals surface area (Å²) in [7, 11) is 0. The van der Waals surface area contributed by atoms with Gasteiger partial charge in [0.2, 0.25) is 0 Å². The Bertz CT molecular complexity index is 548. The Labute approximate surface area is 97.6 Å². The zero-order valence-corrected chi connectivity index (χ0v) is 9.19. The summed E-state index contributed by atoms with van der Waals surface area (Å²) in [5, 5.41) is 3.85. The molecule has 1 heterocycles. The normalized spacial score (nSPS) is 17.8. The van der Waals surface area contributed by atoms with Crippen molar-refractivity contribution in [2.75, 3.05) is 0 Å². The first-order valence-corrected chi connectivity index (χ1v) is 5.57. The van der Waals surface area contributed by atoms with E-state index in [4.69, 9.17) is 10.3 Å². The molecule has 17 heavy (non-hydrogen) atoms. The van der Waals surface area contributed by atoms with Crippen molar-refractivity contribution in [1.82, 2.24) is 10.1 Å². The van der Waals surface area contributed by atoms with E-state index in [0.29, 0.717) is 11.4 Å². The number of hydrogen-bond acceptors (Lipinski definition) is 4. The highest BCUT2D eigenvalue weighted by molar-refractivity contribution is 5.53. The first-order valence-electron chi connectivity index (χ1n) is 5.57. The minimum Gasteiger partial charge on any atom is -0.334 e. The summed E-state index contributed by atoms with van der Waals surface area (Å²) >= 11 is 0. The van der Waals surface area contributed by atoms with Crippen LogP contribution in [-0.4, -0.2) is 10.1 Å². The van der Waals surface area contributed by atoms with Crippen LogP contribution in [0, 0.1) is 5.82 Å². The number of aromatic nitrogens is 2. The molecule has 0 unspecified atom stereocenters. The maximum atomic E-state index is 13.5. The Balaban J connectivity index is 1.98. The lowest BCUT2D eigenvalue weighted by Crippen LogP contribution is -2.44. The van der Waals surface area contributed by atoms with E-state index in [1.54, 1.807) is 18.2 Å². The highest BCUT2D eigenvalue weighted by Gasteiger charge is 2.39. The largest absolute Gasteiger partial charge is 0.334 e. The molecule has 1 aliphatic carbocycles. The van der Waals surface area contributed by atoms with Crippen LogP contribution in [0.25, 0.3) is 11.5 Å². The van der Waals surface area contributed by atoms with Crippen molar-refractivity contribution in [3.63, 3.8) is 0 Å². The fourth-order valence-corrected chi connectivity index (χ4v) is 1.95. The van der Waals surface area contributed by atoms with Crippen LogP contribution in [0.4, 0.5) is 4.39 Å². The molecule has 0 aliphatic heterocycles. The molecule has 2 N–H and O–H groups in total. The lowest BCUT2D eigenvalue weighted by atomic mass is 9.77. The van der Waals surface area contributed by atoms with Crippen LogP contribution in [0.1, 0.15) is 25.1 Å². The van der Waals surface area contributed by atoms with E-state index in [1.807, 2.05) is 0 Å². The molecule has 2 aromatic rings. The van der Waals surface area contributed by atoms with Gasteiger partial charge >= 0.3 is 0 Å². The maximum Gasteiger partial charge on any atom is 0.260 e. The SMILES string of the molecule is NC1(c2noc(-c3ccccc3F)n2)CCC1. The van der Waals surface area contributed by atoms with Gasteiger partial charge in [-0.15, -0.1) is 0 Å². The van der Waals surface area contributed by atoms with Gasteiger partial charge in [-0.05, 0) is 31.4 Å². The second-order valence-electron chi connectivity index (χ2n) is 4.41. The maximum absolute atomic E-state index is 13.5. The van der Waals surface area contributed by atoms with E-state index in [9.17, 15) is 4.39 Å². The quantitative estimate of drug-likeness (QED) is 0.863. The van der Waals surface area contributed by atoms with Gasteiger partial charge in [0.15, 0.2) is 5.82 Å². The van der Waals surface area contributed by atoms with Gasteiger partial charge < -0.3 is 10.3 Å². The Morgan fingerprint density at radius 2 is 2.06 bits per heavy atom. The van der Waals surface area contributed by atoms with Crippen LogP contribution >= 0.6 is 0 Å². The van der Waals surface area contributed by atoms with Gasteiger partial charge in [0, 0.05) is 0 Å². The van der Waals surface area contributed by atoms with Crippen LogP contribution in [0.2, 0.25) is 0 Å². The molecule has 0 radical (unpaired) electrons. The lowest BCUT2D eigenvalue weighted by molar-refractivity contribution is 0.229. The number of rotatable bonds is 2. The predicted octanol–water partition coefficient (Wildman–Crippen LogP) is 2.21. The van der Waals surface area contributed by atoms with Gasteiger partial charge in [0.25, 0.3) is 5.89 Å². The molecule has 1 aliphatic rings. The molecular formula is C12H12FN3O. The Morgan fingerprint density at radius 3 is 2.71 bits per heavy atom. The molecule has 5 heteroatoms. The zero-order valence-electron chi connectivity index (χ0n) is 9.19. The van der Waals surface area contributed by atoms with Gasteiger partial charge in [-0.25, -0.2) is 4.39 Å². The number of halogens is 1. The molecule has 1 aromatic carbocycles. The molecule has 1 saturated carbocycles.